The Morgan fingerprint density at radius 2 is 1.90 bits per heavy atom. The Balaban J connectivity index is 2.02. The van der Waals surface area contributed by atoms with Gasteiger partial charge in [0.15, 0.2) is 0 Å². The molecular weight excluding hydrogens is 252 g/mol. The number of hydrogen-bond acceptors (Lipinski definition) is 4. The van der Waals surface area contributed by atoms with Gasteiger partial charge in [-0.25, -0.2) is 0 Å². The summed E-state index contributed by atoms with van der Waals surface area (Å²) in [7, 11) is 0. The average Bonchev–Trinajstić information content (AvgIpc) is 2.47. The normalized spacial score (nSPS) is 10.3. The summed E-state index contributed by atoms with van der Waals surface area (Å²) < 4.78 is 5.25. The van der Waals surface area contributed by atoms with Crippen molar-refractivity contribution in [3.63, 3.8) is 0 Å². The standard InChI is InChI=1S/C16H18N2O2/c1-3-4-5-16(19)20-14-8-6-13(7-9-14)15-11-17-12(2)10-18-15/h6-11H,3-5H2,1-2H3. The third-order valence-electron chi connectivity index (χ3n) is 2.90. The minimum absolute atomic E-state index is 0.185. The fourth-order valence-electron chi connectivity index (χ4n) is 1.74. The van der Waals surface area contributed by atoms with E-state index in [4.69, 9.17) is 4.74 Å². The van der Waals surface area contributed by atoms with Crippen molar-refractivity contribution in [3.8, 4) is 17.0 Å². The van der Waals surface area contributed by atoms with E-state index in [0.29, 0.717) is 12.2 Å². The maximum absolute atomic E-state index is 11.5. The van der Waals surface area contributed by atoms with Crippen molar-refractivity contribution >= 4 is 5.97 Å². The van der Waals surface area contributed by atoms with E-state index >= 15 is 0 Å². The molecule has 0 aliphatic heterocycles. The largest absolute Gasteiger partial charge is 0.427 e. The van der Waals surface area contributed by atoms with E-state index < -0.39 is 0 Å². The zero-order chi connectivity index (χ0) is 14.4. The highest BCUT2D eigenvalue weighted by atomic mass is 16.5. The van der Waals surface area contributed by atoms with Gasteiger partial charge in [-0.1, -0.05) is 13.3 Å². The quantitative estimate of drug-likeness (QED) is 0.616. The molecule has 0 aliphatic carbocycles. The first kappa shape index (κ1) is 14.2. The first-order valence-electron chi connectivity index (χ1n) is 6.79. The average molecular weight is 270 g/mol. The molecule has 0 unspecified atom stereocenters. The maximum Gasteiger partial charge on any atom is 0.311 e. The van der Waals surface area contributed by atoms with Crippen molar-refractivity contribution in [2.45, 2.75) is 33.1 Å². The van der Waals surface area contributed by atoms with Crippen LogP contribution < -0.4 is 4.74 Å². The van der Waals surface area contributed by atoms with Crippen LogP contribution in [0, 0.1) is 6.92 Å². The molecule has 0 saturated carbocycles. The van der Waals surface area contributed by atoms with E-state index in [1.165, 1.54) is 0 Å². The Hall–Kier alpha value is -2.23. The Labute approximate surface area is 118 Å². The topological polar surface area (TPSA) is 52.1 Å². The third-order valence-corrected chi connectivity index (χ3v) is 2.90. The van der Waals surface area contributed by atoms with Gasteiger partial charge in [0.05, 0.1) is 17.6 Å². The molecule has 0 amide bonds. The molecule has 0 atom stereocenters. The summed E-state index contributed by atoms with van der Waals surface area (Å²) in [5, 5.41) is 0. The van der Waals surface area contributed by atoms with E-state index in [1.807, 2.05) is 26.0 Å². The molecule has 0 N–H and O–H groups in total. The van der Waals surface area contributed by atoms with Gasteiger partial charge in [0.25, 0.3) is 0 Å². The Morgan fingerprint density at radius 1 is 1.15 bits per heavy atom. The Kier molecular flexibility index (Phi) is 4.82. The number of carbonyl (C=O) groups is 1. The van der Waals surface area contributed by atoms with Gasteiger partial charge in [-0.15, -0.1) is 0 Å². The van der Waals surface area contributed by atoms with Gasteiger partial charge in [0.2, 0.25) is 0 Å². The van der Waals surface area contributed by atoms with Crippen molar-refractivity contribution in [1.29, 1.82) is 0 Å². The van der Waals surface area contributed by atoms with E-state index in [9.17, 15) is 4.79 Å². The number of esters is 1. The molecule has 0 fully saturated rings. The summed E-state index contributed by atoms with van der Waals surface area (Å²) in [5.41, 5.74) is 2.64. The minimum Gasteiger partial charge on any atom is -0.427 e. The lowest BCUT2D eigenvalue weighted by Crippen LogP contribution is -2.07. The van der Waals surface area contributed by atoms with Crippen LogP contribution in [0.5, 0.6) is 5.75 Å². The van der Waals surface area contributed by atoms with Crippen molar-refractivity contribution < 1.29 is 9.53 Å². The molecule has 4 nitrogen and oxygen atoms in total. The first-order chi connectivity index (χ1) is 9.69. The highest BCUT2D eigenvalue weighted by molar-refractivity contribution is 5.72. The van der Waals surface area contributed by atoms with Gasteiger partial charge in [0.1, 0.15) is 5.75 Å². The smallest absolute Gasteiger partial charge is 0.311 e. The molecule has 0 aliphatic rings. The van der Waals surface area contributed by atoms with Crippen molar-refractivity contribution in [2.24, 2.45) is 0 Å². The van der Waals surface area contributed by atoms with Crippen LogP contribution in [0.2, 0.25) is 0 Å². The Bertz CT molecular complexity index is 562. The van der Waals surface area contributed by atoms with Crippen LogP contribution in [-0.4, -0.2) is 15.9 Å². The summed E-state index contributed by atoms with van der Waals surface area (Å²) >= 11 is 0. The van der Waals surface area contributed by atoms with Crippen LogP contribution in [-0.2, 0) is 4.79 Å². The fourth-order valence-corrected chi connectivity index (χ4v) is 1.74. The summed E-state index contributed by atoms with van der Waals surface area (Å²) in [4.78, 5) is 20.0. The number of aromatic nitrogens is 2. The van der Waals surface area contributed by atoms with Crippen LogP contribution in [0.3, 0.4) is 0 Å². The number of carbonyl (C=O) groups excluding carboxylic acids is 1. The van der Waals surface area contributed by atoms with E-state index in [-0.39, 0.29) is 5.97 Å². The molecule has 1 heterocycles. The number of hydrogen-bond donors (Lipinski definition) is 0. The molecule has 0 bridgehead atoms. The lowest BCUT2D eigenvalue weighted by molar-refractivity contribution is -0.134. The second-order valence-electron chi connectivity index (χ2n) is 4.65. The number of aryl methyl sites for hydroxylation is 1. The highest BCUT2D eigenvalue weighted by Gasteiger charge is 2.05. The predicted octanol–water partition coefficient (Wildman–Crippen LogP) is 3.55. The van der Waals surface area contributed by atoms with Crippen LogP contribution in [0.15, 0.2) is 36.7 Å². The van der Waals surface area contributed by atoms with Crippen LogP contribution >= 0.6 is 0 Å². The van der Waals surface area contributed by atoms with Gasteiger partial charge >= 0.3 is 5.97 Å². The number of ether oxygens (including phenoxy) is 1. The van der Waals surface area contributed by atoms with E-state index in [0.717, 1.165) is 29.8 Å². The first-order valence-corrected chi connectivity index (χ1v) is 6.79. The number of nitrogens with zero attached hydrogens (tertiary/aromatic N) is 2. The van der Waals surface area contributed by atoms with Gasteiger partial charge in [-0.2, -0.15) is 0 Å². The van der Waals surface area contributed by atoms with Crippen molar-refractivity contribution in [2.75, 3.05) is 0 Å². The molecule has 104 valence electrons. The molecule has 1 aromatic carbocycles. The predicted molar refractivity (Wildman–Crippen MR) is 77.4 cm³/mol. The van der Waals surface area contributed by atoms with Crippen LogP contribution in [0.1, 0.15) is 31.9 Å². The lowest BCUT2D eigenvalue weighted by Gasteiger charge is -2.05. The monoisotopic (exact) mass is 270 g/mol. The minimum atomic E-state index is -0.185. The third kappa shape index (κ3) is 3.88. The SMILES string of the molecule is CCCCC(=O)Oc1ccc(-c2cnc(C)cn2)cc1. The molecule has 2 aromatic rings. The van der Waals surface area contributed by atoms with Crippen molar-refractivity contribution in [1.82, 2.24) is 9.97 Å². The Morgan fingerprint density at radius 3 is 2.50 bits per heavy atom. The van der Waals surface area contributed by atoms with E-state index in [1.54, 1.807) is 24.5 Å². The van der Waals surface area contributed by atoms with Gasteiger partial charge in [-0.3, -0.25) is 14.8 Å². The van der Waals surface area contributed by atoms with Crippen molar-refractivity contribution in [3.05, 3.63) is 42.4 Å². The summed E-state index contributed by atoms with van der Waals surface area (Å²) in [5.74, 6) is 0.379. The summed E-state index contributed by atoms with van der Waals surface area (Å²) in [6, 6.07) is 7.31. The second kappa shape index (κ2) is 6.80. The molecule has 0 spiro atoms. The summed E-state index contributed by atoms with van der Waals surface area (Å²) in [6.07, 6.45) is 5.77. The van der Waals surface area contributed by atoms with E-state index in [2.05, 4.69) is 9.97 Å². The maximum atomic E-state index is 11.5. The van der Waals surface area contributed by atoms with Crippen LogP contribution in [0.25, 0.3) is 11.3 Å². The fraction of sp³-hybridized carbons (Fsp3) is 0.312. The van der Waals surface area contributed by atoms with Gasteiger partial charge in [0, 0.05) is 18.2 Å². The lowest BCUT2D eigenvalue weighted by atomic mass is 10.1. The molecular formula is C16H18N2O2. The molecule has 1 aromatic heterocycles. The second-order valence-corrected chi connectivity index (χ2v) is 4.65. The molecule has 20 heavy (non-hydrogen) atoms. The zero-order valence-electron chi connectivity index (χ0n) is 11.8. The molecule has 2 rings (SSSR count). The molecule has 4 heteroatoms. The van der Waals surface area contributed by atoms with Gasteiger partial charge in [-0.05, 0) is 37.6 Å². The van der Waals surface area contributed by atoms with Crippen LogP contribution in [0.4, 0.5) is 0 Å². The number of unbranched alkanes of at least 4 members (excludes halogenated alkanes) is 1. The molecule has 0 saturated heterocycles. The number of rotatable bonds is 5. The number of benzene rings is 1. The summed E-state index contributed by atoms with van der Waals surface area (Å²) in [6.45, 7) is 3.94. The molecule has 0 radical (unpaired) electrons. The van der Waals surface area contributed by atoms with Gasteiger partial charge < -0.3 is 4.74 Å². The zero-order valence-corrected chi connectivity index (χ0v) is 11.8. The highest BCUT2D eigenvalue weighted by Crippen LogP contribution is 2.20.